The number of benzene rings is 1. The highest BCUT2D eigenvalue weighted by molar-refractivity contribution is 6.29. The lowest BCUT2D eigenvalue weighted by molar-refractivity contribution is -0.137. The normalized spacial score (nSPS) is 11.8. The topological polar surface area (TPSA) is 25.8 Å². The van der Waals surface area contributed by atoms with E-state index in [4.69, 9.17) is 11.6 Å². The van der Waals surface area contributed by atoms with Gasteiger partial charge in [-0.1, -0.05) is 11.6 Å². The van der Waals surface area contributed by atoms with E-state index < -0.39 is 28.5 Å². The smallest absolute Gasteiger partial charge is 0.230 e. The third-order valence-electron chi connectivity index (χ3n) is 2.46. The number of aryl methyl sites for hydroxylation is 1. The van der Waals surface area contributed by atoms with Crippen molar-refractivity contribution in [3.8, 4) is 11.4 Å². The molecule has 0 spiro atoms. The number of aromatic nitrogens is 2. The molecule has 0 atom stereocenters. The minimum absolute atomic E-state index is 0.141. The lowest BCUT2D eigenvalue weighted by Gasteiger charge is -2.09. The molecule has 2 nitrogen and oxygen atoms in total. The highest BCUT2D eigenvalue weighted by Crippen LogP contribution is 2.32. The van der Waals surface area contributed by atoms with E-state index in [1.54, 1.807) is 0 Å². The molecule has 1 aromatic heterocycles. The molecule has 0 N–H and O–H groups in total. The monoisotopic (exact) mass is 308 g/mol. The predicted molar refractivity (Wildman–Crippen MR) is 62.1 cm³/mol. The van der Waals surface area contributed by atoms with E-state index in [1.807, 2.05) is 0 Å². The van der Waals surface area contributed by atoms with Gasteiger partial charge in [-0.05, 0) is 25.1 Å². The lowest BCUT2D eigenvalue weighted by atomic mass is 10.1. The summed E-state index contributed by atoms with van der Waals surface area (Å²) in [6.45, 7) is 1.27. The van der Waals surface area contributed by atoms with Crippen LogP contribution in [0.15, 0.2) is 18.2 Å². The van der Waals surface area contributed by atoms with Crippen LogP contribution in [0.2, 0.25) is 5.15 Å². The summed E-state index contributed by atoms with van der Waals surface area (Å²) in [5.41, 5.74) is -1.56. The van der Waals surface area contributed by atoms with E-state index in [0.29, 0.717) is 12.1 Å². The Morgan fingerprint density at radius 2 is 1.70 bits per heavy atom. The summed E-state index contributed by atoms with van der Waals surface area (Å²) < 4.78 is 64.3. The average Bonchev–Trinajstić information content (AvgIpc) is 2.33. The number of halogens is 6. The Bertz CT molecular complexity index is 646. The van der Waals surface area contributed by atoms with E-state index in [2.05, 4.69) is 9.97 Å². The van der Waals surface area contributed by atoms with E-state index in [-0.39, 0.29) is 17.1 Å². The lowest BCUT2D eigenvalue weighted by Crippen LogP contribution is -2.06. The van der Waals surface area contributed by atoms with Gasteiger partial charge in [0, 0.05) is 5.56 Å². The molecule has 1 aromatic carbocycles. The van der Waals surface area contributed by atoms with E-state index in [9.17, 15) is 22.0 Å². The number of hydrogen-bond acceptors (Lipinski definition) is 2. The Morgan fingerprint density at radius 3 is 2.25 bits per heavy atom. The molecule has 106 valence electrons. The molecule has 2 rings (SSSR count). The quantitative estimate of drug-likeness (QED) is 0.576. The standard InChI is InChI=1S/C12H6ClF5N2/c1-5-9(15)10(13)20-11(19-5)6-2-7(12(16,17)18)4-8(14)3-6/h2-4H,1H3. The van der Waals surface area contributed by atoms with Crippen molar-refractivity contribution in [1.82, 2.24) is 9.97 Å². The summed E-state index contributed by atoms with van der Waals surface area (Å²) in [7, 11) is 0. The maximum absolute atomic E-state index is 13.3. The van der Waals surface area contributed by atoms with Crippen LogP contribution in [0.5, 0.6) is 0 Å². The molecule has 20 heavy (non-hydrogen) atoms. The number of alkyl halides is 3. The van der Waals surface area contributed by atoms with Gasteiger partial charge in [-0.15, -0.1) is 0 Å². The molecule has 0 aliphatic heterocycles. The van der Waals surface area contributed by atoms with Crippen molar-refractivity contribution < 1.29 is 22.0 Å². The molecular weight excluding hydrogens is 303 g/mol. The number of nitrogens with zero attached hydrogens (tertiary/aromatic N) is 2. The van der Waals surface area contributed by atoms with Crippen molar-refractivity contribution in [2.24, 2.45) is 0 Å². The van der Waals surface area contributed by atoms with E-state index >= 15 is 0 Å². The van der Waals surface area contributed by atoms with Gasteiger partial charge in [0.05, 0.1) is 11.3 Å². The van der Waals surface area contributed by atoms with Crippen molar-refractivity contribution in [2.75, 3.05) is 0 Å². The molecule has 0 aliphatic rings. The molecule has 0 radical (unpaired) electrons. The second-order valence-electron chi connectivity index (χ2n) is 3.96. The predicted octanol–water partition coefficient (Wildman–Crippen LogP) is 4.40. The molecule has 0 unspecified atom stereocenters. The Balaban J connectivity index is 2.61. The molecule has 2 aromatic rings. The molecule has 1 heterocycles. The van der Waals surface area contributed by atoms with Crippen molar-refractivity contribution in [2.45, 2.75) is 13.1 Å². The maximum atomic E-state index is 13.3. The fraction of sp³-hybridized carbons (Fsp3) is 0.167. The van der Waals surface area contributed by atoms with Crippen LogP contribution >= 0.6 is 11.6 Å². The summed E-state index contributed by atoms with van der Waals surface area (Å²) in [6, 6.07) is 1.84. The van der Waals surface area contributed by atoms with Crippen LogP contribution in [-0.2, 0) is 6.18 Å². The first-order valence-electron chi connectivity index (χ1n) is 5.26. The third kappa shape index (κ3) is 2.87. The first-order valence-corrected chi connectivity index (χ1v) is 5.64. The van der Waals surface area contributed by atoms with Gasteiger partial charge in [0.2, 0.25) is 0 Å². The Labute approximate surface area is 115 Å². The van der Waals surface area contributed by atoms with Crippen LogP contribution < -0.4 is 0 Å². The van der Waals surface area contributed by atoms with Gasteiger partial charge in [0.1, 0.15) is 5.82 Å². The molecule has 8 heteroatoms. The van der Waals surface area contributed by atoms with Crippen LogP contribution in [0.25, 0.3) is 11.4 Å². The van der Waals surface area contributed by atoms with E-state index in [1.165, 1.54) is 6.92 Å². The average molecular weight is 309 g/mol. The summed E-state index contributed by atoms with van der Waals surface area (Å²) in [6.07, 6.45) is -4.71. The summed E-state index contributed by atoms with van der Waals surface area (Å²) in [5, 5.41) is -0.537. The second kappa shape index (κ2) is 4.97. The Hall–Kier alpha value is -1.76. The van der Waals surface area contributed by atoms with Crippen molar-refractivity contribution >= 4 is 11.6 Å². The molecule has 0 saturated heterocycles. The second-order valence-corrected chi connectivity index (χ2v) is 4.32. The van der Waals surface area contributed by atoms with Crippen molar-refractivity contribution in [3.63, 3.8) is 0 Å². The van der Waals surface area contributed by atoms with Gasteiger partial charge in [0.15, 0.2) is 16.8 Å². The van der Waals surface area contributed by atoms with Gasteiger partial charge in [-0.25, -0.2) is 18.7 Å². The highest BCUT2D eigenvalue weighted by atomic mass is 35.5. The van der Waals surface area contributed by atoms with Crippen LogP contribution in [0.4, 0.5) is 22.0 Å². The Morgan fingerprint density at radius 1 is 1.05 bits per heavy atom. The molecule has 0 bridgehead atoms. The third-order valence-corrected chi connectivity index (χ3v) is 2.71. The summed E-state index contributed by atoms with van der Waals surface area (Å²) >= 11 is 5.50. The SMILES string of the molecule is Cc1nc(-c2cc(F)cc(C(F)(F)F)c2)nc(Cl)c1F. The molecular formula is C12H6ClF5N2. The zero-order valence-corrected chi connectivity index (χ0v) is 10.7. The maximum Gasteiger partial charge on any atom is 0.416 e. The van der Waals surface area contributed by atoms with Crippen molar-refractivity contribution in [3.05, 3.63) is 46.2 Å². The molecule has 0 fully saturated rings. The van der Waals surface area contributed by atoms with Gasteiger partial charge in [0.25, 0.3) is 0 Å². The highest BCUT2D eigenvalue weighted by Gasteiger charge is 2.31. The van der Waals surface area contributed by atoms with Gasteiger partial charge in [-0.2, -0.15) is 13.2 Å². The first-order chi connectivity index (χ1) is 9.18. The van der Waals surface area contributed by atoms with Crippen LogP contribution in [0, 0.1) is 18.6 Å². The Kier molecular flexibility index (Phi) is 3.64. The molecule has 0 saturated carbocycles. The van der Waals surface area contributed by atoms with Crippen molar-refractivity contribution in [1.29, 1.82) is 0 Å². The zero-order valence-electron chi connectivity index (χ0n) is 9.89. The summed E-state index contributed by atoms with van der Waals surface area (Å²) in [4.78, 5) is 7.18. The van der Waals surface area contributed by atoms with Gasteiger partial charge >= 0.3 is 6.18 Å². The number of rotatable bonds is 1. The van der Waals surface area contributed by atoms with Crippen LogP contribution in [0.3, 0.4) is 0 Å². The minimum Gasteiger partial charge on any atom is -0.230 e. The fourth-order valence-electron chi connectivity index (χ4n) is 1.54. The van der Waals surface area contributed by atoms with E-state index in [0.717, 1.165) is 6.07 Å². The zero-order chi connectivity index (χ0) is 15.1. The van der Waals surface area contributed by atoms with Gasteiger partial charge < -0.3 is 0 Å². The number of hydrogen-bond donors (Lipinski definition) is 0. The van der Waals surface area contributed by atoms with Crippen LogP contribution in [0.1, 0.15) is 11.3 Å². The molecule has 0 amide bonds. The minimum atomic E-state index is -4.71. The fourth-order valence-corrected chi connectivity index (χ4v) is 1.75. The molecule has 0 aliphatic carbocycles. The first kappa shape index (κ1) is 14.6. The van der Waals surface area contributed by atoms with Gasteiger partial charge in [-0.3, -0.25) is 0 Å². The largest absolute Gasteiger partial charge is 0.416 e. The van der Waals surface area contributed by atoms with Crippen LogP contribution in [-0.4, -0.2) is 9.97 Å². The summed E-state index contributed by atoms with van der Waals surface area (Å²) in [5.74, 6) is -2.25.